The molecule has 1 aromatic heterocycles. The Bertz CT molecular complexity index is 1330. The molecule has 3 rings (SSSR count). The fourth-order valence-electron chi connectivity index (χ4n) is 4.72. The van der Waals surface area contributed by atoms with Crippen molar-refractivity contribution in [1.82, 2.24) is 15.1 Å². The topological polar surface area (TPSA) is 114 Å². The summed E-state index contributed by atoms with van der Waals surface area (Å²) >= 11 is 5.81. The van der Waals surface area contributed by atoms with Crippen molar-refractivity contribution in [1.29, 1.82) is 5.26 Å². The SMILES string of the molecule is CCn1nc(C(=O)NCC2(C#N)CCC(C)CC2)c(Cl)c1-c1ccc(CC(C)(C)C(F)(F)F)cc1OC(F)F.O=S=O. The Labute approximate surface area is 249 Å². The first-order valence-corrected chi connectivity index (χ1v) is 14.1. The van der Waals surface area contributed by atoms with Crippen molar-refractivity contribution in [2.75, 3.05) is 6.54 Å². The summed E-state index contributed by atoms with van der Waals surface area (Å²) in [6, 6.07) is 6.18. The van der Waals surface area contributed by atoms with Crippen molar-refractivity contribution in [3.63, 3.8) is 0 Å². The third-order valence-corrected chi connectivity index (χ3v) is 7.75. The lowest BCUT2D eigenvalue weighted by Crippen LogP contribution is -2.39. The molecule has 0 saturated heterocycles. The van der Waals surface area contributed by atoms with Gasteiger partial charge in [-0.05, 0) is 62.6 Å². The standard InChI is InChI=1S/C27H32ClF5N4O2.O2S/c1-5-37-22(18-7-6-17(12-19(18)39-24(29)30)13-25(3,4)27(31,32)33)20(28)21(36-37)23(38)35-15-26(14-34)10-8-16(2)9-11-26;1-3-2/h6-7,12,16,24H,5,8-11,13,15H2,1-4H3,(H,35,38);. The van der Waals surface area contributed by atoms with Crippen LogP contribution in [0.4, 0.5) is 22.0 Å². The van der Waals surface area contributed by atoms with Crippen LogP contribution in [0.25, 0.3) is 11.3 Å². The molecular formula is C27H32ClF5N4O4S. The number of halogens is 6. The molecule has 1 aromatic carbocycles. The Kier molecular flexibility index (Phi) is 12.1. The molecule has 8 nitrogen and oxygen atoms in total. The number of aryl methyl sites for hydroxylation is 1. The zero-order chi connectivity index (χ0) is 31.9. The highest BCUT2D eigenvalue weighted by Gasteiger charge is 2.47. The van der Waals surface area contributed by atoms with Gasteiger partial charge in [-0.1, -0.05) is 38.4 Å². The molecule has 0 aliphatic heterocycles. The Morgan fingerprint density at radius 1 is 1.29 bits per heavy atom. The van der Waals surface area contributed by atoms with Crippen LogP contribution < -0.4 is 10.1 Å². The smallest absolute Gasteiger partial charge is 0.394 e. The predicted octanol–water partition coefficient (Wildman–Crippen LogP) is 6.74. The van der Waals surface area contributed by atoms with Gasteiger partial charge in [0.15, 0.2) is 5.69 Å². The number of carbonyl (C=O) groups is 1. The van der Waals surface area contributed by atoms with Crippen molar-refractivity contribution in [2.24, 2.45) is 16.7 Å². The van der Waals surface area contributed by atoms with Crippen LogP contribution in [0.2, 0.25) is 5.02 Å². The molecule has 0 unspecified atom stereocenters. The van der Waals surface area contributed by atoms with Crippen molar-refractivity contribution in [3.05, 3.63) is 34.5 Å². The zero-order valence-electron chi connectivity index (χ0n) is 23.5. The van der Waals surface area contributed by atoms with Crippen LogP contribution in [0, 0.1) is 28.1 Å². The number of ether oxygens (including phenoxy) is 1. The zero-order valence-corrected chi connectivity index (χ0v) is 25.1. The maximum absolute atomic E-state index is 13.4. The minimum absolute atomic E-state index is 0.0528. The third-order valence-electron chi connectivity index (χ3n) is 7.40. The molecular weight excluding hydrogens is 607 g/mol. The van der Waals surface area contributed by atoms with E-state index in [1.807, 2.05) is 0 Å². The number of amides is 1. The molecule has 42 heavy (non-hydrogen) atoms. The average molecular weight is 639 g/mol. The number of nitrogens with zero attached hydrogens (tertiary/aromatic N) is 3. The van der Waals surface area contributed by atoms with E-state index < -0.39 is 47.5 Å². The van der Waals surface area contributed by atoms with Gasteiger partial charge in [0.25, 0.3) is 5.91 Å². The predicted molar refractivity (Wildman–Crippen MR) is 145 cm³/mol. The van der Waals surface area contributed by atoms with E-state index in [1.165, 1.54) is 16.8 Å². The summed E-state index contributed by atoms with van der Waals surface area (Å²) in [5.74, 6) is -0.500. The maximum Gasteiger partial charge on any atom is 0.394 e. The third kappa shape index (κ3) is 8.50. The van der Waals surface area contributed by atoms with Crippen LogP contribution in [0.3, 0.4) is 0 Å². The van der Waals surface area contributed by atoms with Gasteiger partial charge in [-0.3, -0.25) is 9.48 Å². The Morgan fingerprint density at radius 3 is 2.38 bits per heavy atom. The summed E-state index contributed by atoms with van der Waals surface area (Å²) in [4.78, 5) is 13.1. The molecule has 1 aliphatic carbocycles. The first kappa shape index (κ1) is 35.1. The molecule has 2 aromatic rings. The lowest BCUT2D eigenvalue weighted by atomic mass is 9.72. The lowest BCUT2D eigenvalue weighted by Gasteiger charge is -2.33. The molecule has 1 saturated carbocycles. The number of carbonyl (C=O) groups excluding carboxylic acids is 1. The molecule has 1 amide bonds. The van der Waals surface area contributed by atoms with Crippen molar-refractivity contribution in [3.8, 4) is 23.1 Å². The Hall–Kier alpha value is -3.05. The summed E-state index contributed by atoms with van der Waals surface area (Å²) in [5.41, 5.74) is -2.65. The lowest BCUT2D eigenvalue weighted by molar-refractivity contribution is -0.211. The van der Waals surface area contributed by atoms with Gasteiger partial charge in [0.05, 0.1) is 27.6 Å². The molecule has 1 aliphatic rings. The Morgan fingerprint density at radius 2 is 1.88 bits per heavy atom. The van der Waals surface area contributed by atoms with Crippen LogP contribution in [0.5, 0.6) is 5.75 Å². The highest BCUT2D eigenvalue weighted by atomic mass is 35.5. The molecule has 0 bridgehead atoms. The van der Waals surface area contributed by atoms with Crippen LogP contribution in [-0.4, -0.2) is 43.4 Å². The molecule has 15 heteroatoms. The highest BCUT2D eigenvalue weighted by Crippen LogP contribution is 2.43. The molecule has 232 valence electrons. The van der Waals surface area contributed by atoms with E-state index in [0.29, 0.717) is 18.8 Å². The average Bonchev–Trinajstić information content (AvgIpc) is 3.24. The number of benzene rings is 1. The molecule has 1 N–H and O–H groups in total. The fraction of sp³-hybridized carbons (Fsp3) is 0.593. The summed E-state index contributed by atoms with van der Waals surface area (Å²) in [6.07, 6.45) is -1.92. The second-order valence-electron chi connectivity index (χ2n) is 10.9. The van der Waals surface area contributed by atoms with E-state index in [2.05, 4.69) is 28.1 Å². The first-order chi connectivity index (χ1) is 19.5. The molecule has 1 fully saturated rings. The highest BCUT2D eigenvalue weighted by molar-refractivity contribution is 7.51. The van der Waals surface area contributed by atoms with Crippen LogP contribution in [0.1, 0.15) is 69.4 Å². The van der Waals surface area contributed by atoms with Gasteiger partial charge in [0.1, 0.15) is 5.75 Å². The van der Waals surface area contributed by atoms with E-state index in [-0.39, 0.29) is 46.4 Å². The normalized spacial score (nSPS) is 19.0. The number of nitriles is 1. The van der Waals surface area contributed by atoms with Crippen LogP contribution >= 0.6 is 11.6 Å². The number of rotatable bonds is 9. The largest absolute Gasteiger partial charge is 0.434 e. The van der Waals surface area contributed by atoms with E-state index in [4.69, 9.17) is 20.0 Å². The summed E-state index contributed by atoms with van der Waals surface area (Å²) < 4.78 is 89.5. The van der Waals surface area contributed by atoms with E-state index in [9.17, 15) is 32.0 Å². The van der Waals surface area contributed by atoms with E-state index in [1.54, 1.807) is 6.92 Å². The van der Waals surface area contributed by atoms with Crippen molar-refractivity contribution < 1.29 is 39.9 Å². The fourth-order valence-corrected chi connectivity index (χ4v) is 5.05. The number of nitrogens with one attached hydrogen (secondary N) is 1. The van der Waals surface area contributed by atoms with Crippen LogP contribution in [0.15, 0.2) is 18.2 Å². The first-order valence-electron chi connectivity index (χ1n) is 13.1. The maximum atomic E-state index is 13.4. The second-order valence-corrected chi connectivity index (χ2v) is 11.4. The van der Waals surface area contributed by atoms with Crippen LogP contribution in [-0.2, 0) is 24.5 Å². The molecule has 1 heterocycles. The number of hydrogen-bond acceptors (Lipinski definition) is 6. The minimum Gasteiger partial charge on any atom is -0.434 e. The van der Waals surface area contributed by atoms with Gasteiger partial charge in [0, 0.05) is 18.7 Å². The van der Waals surface area contributed by atoms with Gasteiger partial charge in [-0.25, -0.2) is 0 Å². The van der Waals surface area contributed by atoms with E-state index in [0.717, 1.165) is 32.8 Å². The number of alkyl halides is 5. The van der Waals surface area contributed by atoms with Crippen molar-refractivity contribution in [2.45, 2.75) is 79.1 Å². The van der Waals surface area contributed by atoms with Crippen molar-refractivity contribution >= 4 is 29.1 Å². The number of aromatic nitrogens is 2. The molecule has 0 atom stereocenters. The molecule has 0 spiro atoms. The minimum atomic E-state index is -4.51. The second kappa shape index (κ2) is 14.4. The summed E-state index contributed by atoms with van der Waals surface area (Å²) in [6.45, 7) is 2.93. The van der Waals surface area contributed by atoms with Gasteiger partial charge in [-0.15, -0.1) is 0 Å². The van der Waals surface area contributed by atoms with E-state index >= 15 is 0 Å². The monoisotopic (exact) mass is 638 g/mol. The van der Waals surface area contributed by atoms with Gasteiger partial charge in [-0.2, -0.15) is 40.7 Å². The van der Waals surface area contributed by atoms with Gasteiger partial charge < -0.3 is 10.1 Å². The Balaban J connectivity index is 0.00000197. The van der Waals surface area contributed by atoms with Gasteiger partial charge >= 0.3 is 24.4 Å². The number of hydrogen-bond donors (Lipinski definition) is 1. The molecule has 0 radical (unpaired) electrons. The van der Waals surface area contributed by atoms with Gasteiger partial charge in [0.2, 0.25) is 0 Å². The quantitative estimate of drug-likeness (QED) is 0.305. The summed E-state index contributed by atoms with van der Waals surface area (Å²) in [5, 5.41) is 16.6. The summed E-state index contributed by atoms with van der Waals surface area (Å²) in [7, 11) is 0.